The zero-order chi connectivity index (χ0) is 6.81. The Labute approximate surface area is 60.5 Å². The molecule has 0 unspecified atom stereocenters. The summed E-state index contributed by atoms with van der Waals surface area (Å²) in [7, 11) is 0. The van der Waals surface area contributed by atoms with Crippen molar-refractivity contribution in [2.75, 3.05) is 19.7 Å². The van der Waals surface area contributed by atoms with Gasteiger partial charge in [-0.3, -0.25) is 4.99 Å². The maximum Gasteiger partial charge on any atom is 0.201 e. The fourth-order valence-corrected chi connectivity index (χ4v) is 1.46. The Hall–Kier alpha value is -0.570. The Morgan fingerprint density at radius 3 is 3.20 bits per heavy atom. The molecule has 0 amide bonds. The van der Waals surface area contributed by atoms with E-state index in [1.165, 1.54) is 12.8 Å². The third-order valence-electron chi connectivity index (χ3n) is 1.97. The Bertz CT molecular complexity index is 150. The van der Waals surface area contributed by atoms with Crippen LogP contribution in [0.3, 0.4) is 0 Å². The lowest BCUT2D eigenvalue weighted by molar-refractivity contribution is 0.329. The van der Waals surface area contributed by atoms with E-state index in [9.17, 15) is 0 Å². The normalized spacial score (nSPS) is 32.0. The minimum absolute atomic E-state index is 0.433. The molecule has 3 heteroatoms. The summed E-state index contributed by atoms with van der Waals surface area (Å²) in [6.45, 7) is 2.76. The Kier molecular flexibility index (Phi) is 1.59. The first-order chi connectivity index (χ1) is 4.97. The number of ether oxygens (including phenoxy) is 1. The number of nitrogens with zero attached hydrogens (tertiary/aromatic N) is 1. The second-order valence-corrected chi connectivity index (χ2v) is 2.72. The quantitative estimate of drug-likeness (QED) is 0.563. The molecule has 0 aromatic heterocycles. The average Bonchev–Trinajstić information content (AvgIpc) is 2.59. The highest BCUT2D eigenvalue weighted by Gasteiger charge is 2.23. The predicted molar refractivity (Wildman–Crippen MR) is 39.3 cm³/mol. The van der Waals surface area contributed by atoms with E-state index in [1.54, 1.807) is 0 Å². The lowest BCUT2D eigenvalue weighted by Crippen LogP contribution is -2.30. The third kappa shape index (κ3) is 1.01. The summed E-state index contributed by atoms with van der Waals surface area (Å²) in [5.74, 6) is 0.942. The minimum Gasteiger partial charge on any atom is -0.478 e. The molecule has 10 heavy (non-hydrogen) atoms. The van der Waals surface area contributed by atoms with E-state index in [2.05, 4.69) is 10.3 Å². The first-order valence-electron chi connectivity index (χ1n) is 3.87. The lowest BCUT2D eigenvalue weighted by Gasteiger charge is -2.08. The van der Waals surface area contributed by atoms with Crippen molar-refractivity contribution in [3.8, 4) is 0 Å². The van der Waals surface area contributed by atoms with Crippen molar-refractivity contribution in [2.24, 2.45) is 4.99 Å². The van der Waals surface area contributed by atoms with Gasteiger partial charge in [0.15, 0.2) is 0 Å². The van der Waals surface area contributed by atoms with Gasteiger partial charge < -0.3 is 10.1 Å². The Morgan fingerprint density at radius 1 is 1.60 bits per heavy atom. The summed E-state index contributed by atoms with van der Waals surface area (Å²) < 4.78 is 5.32. The van der Waals surface area contributed by atoms with Crippen molar-refractivity contribution in [1.82, 2.24) is 5.32 Å². The maximum atomic E-state index is 5.32. The smallest absolute Gasteiger partial charge is 0.201 e. The van der Waals surface area contributed by atoms with Crippen LogP contribution in [-0.2, 0) is 4.74 Å². The van der Waals surface area contributed by atoms with Gasteiger partial charge in [-0.15, -0.1) is 0 Å². The second kappa shape index (κ2) is 2.58. The van der Waals surface area contributed by atoms with Crippen molar-refractivity contribution < 1.29 is 4.74 Å². The second-order valence-electron chi connectivity index (χ2n) is 2.72. The van der Waals surface area contributed by atoms with Crippen LogP contribution in [-0.4, -0.2) is 31.6 Å². The van der Waals surface area contributed by atoms with Crippen LogP contribution in [0.25, 0.3) is 0 Å². The van der Waals surface area contributed by atoms with E-state index in [0.717, 1.165) is 25.6 Å². The molecule has 1 N–H and O–H groups in total. The number of nitrogens with one attached hydrogen (secondary N) is 1. The molecule has 0 spiro atoms. The van der Waals surface area contributed by atoms with E-state index < -0.39 is 0 Å². The topological polar surface area (TPSA) is 33.6 Å². The summed E-state index contributed by atoms with van der Waals surface area (Å²) in [6, 6.07) is 0.433. The van der Waals surface area contributed by atoms with Crippen LogP contribution in [0, 0.1) is 0 Å². The van der Waals surface area contributed by atoms with Crippen molar-refractivity contribution in [2.45, 2.75) is 18.9 Å². The van der Waals surface area contributed by atoms with Crippen LogP contribution in [0.15, 0.2) is 4.99 Å². The van der Waals surface area contributed by atoms with Crippen LogP contribution < -0.4 is 5.32 Å². The van der Waals surface area contributed by atoms with E-state index in [-0.39, 0.29) is 0 Å². The monoisotopic (exact) mass is 140 g/mol. The van der Waals surface area contributed by atoms with Crippen LogP contribution in [0.2, 0.25) is 0 Å². The summed E-state index contributed by atoms with van der Waals surface area (Å²) in [5.41, 5.74) is 0. The van der Waals surface area contributed by atoms with Crippen LogP contribution in [0.4, 0.5) is 0 Å². The molecule has 1 atom stereocenters. The average molecular weight is 140 g/mol. The zero-order valence-electron chi connectivity index (χ0n) is 5.97. The predicted octanol–water partition coefficient (Wildman–Crippen LogP) is 0.167. The summed E-state index contributed by atoms with van der Waals surface area (Å²) in [4.78, 5) is 4.25. The maximum absolute atomic E-state index is 5.32. The van der Waals surface area contributed by atoms with Gasteiger partial charge in [-0.25, -0.2) is 0 Å². The number of hydrogen-bond acceptors (Lipinski definition) is 3. The molecular weight excluding hydrogens is 128 g/mol. The number of hydrogen-bond donors (Lipinski definition) is 1. The summed E-state index contributed by atoms with van der Waals surface area (Å²) >= 11 is 0. The van der Waals surface area contributed by atoms with Gasteiger partial charge in [0, 0.05) is 0 Å². The highest BCUT2D eigenvalue weighted by molar-refractivity contribution is 5.83. The van der Waals surface area contributed by atoms with Gasteiger partial charge >= 0.3 is 0 Å². The van der Waals surface area contributed by atoms with Gasteiger partial charge in [0.05, 0.1) is 12.6 Å². The molecule has 0 aliphatic carbocycles. The highest BCUT2D eigenvalue weighted by atomic mass is 16.5. The standard InChI is InChI=1S/C7H12N2O/c1-2-6(8-3-1)7-9-4-5-10-7/h6,8H,1-5H2/t6-/m0/s1. The highest BCUT2D eigenvalue weighted by Crippen LogP contribution is 2.10. The molecule has 3 nitrogen and oxygen atoms in total. The van der Waals surface area contributed by atoms with Crippen LogP contribution in [0.5, 0.6) is 0 Å². The SMILES string of the molecule is C1CN[C@H](C2=NCCO2)C1. The molecule has 0 aromatic carbocycles. The van der Waals surface area contributed by atoms with Gasteiger partial charge in [0.2, 0.25) is 5.90 Å². The molecule has 0 saturated carbocycles. The first kappa shape index (κ1) is 6.16. The lowest BCUT2D eigenvalue weighted by atomic mass is 10.2. The fraction of sp³-hybridized carbons (Fsp3) is 0.857. The van der Waals surface area contributed by atoms with Crippen LogP contribution in [0.1, 0.15) is 12.8 Å². The molecule has 1 fully saturated rings. The van der Waals surface area contributed by atoms with E-state index in [4.69, 9.17) is 4.74 Å². The first-order valence-corrected chi connectivity index (χ1v) is 3.87. The summed E-state index contributed by atoms with van der Waals surface area (Å²) in [6.07, 6.45) is 2.45. The summed E-state index contributed by atoms with van der Waals surface area (Å²) in [5, 5.41) is 3.34. The van der Waals surface area contributed by atoms with E-state index >= 15 is 0 Å². The van der Waals surface area contributed by atoms with E-state index in [0.29, 0.717) is 6.04 Å². The van der Waals surface area contributed by atoms with Gasteiger partial charge in [-0.05, 0) is 19.4 Å². The van der Waals surface area contributed by atoms with Gasteiger partial charge in [-0.1, -0.05) is 0 Å². The zero-order valence-corrected chi connectivity index (χ0v) is 5.97. The van der Waals surface area contributed by atoms with Crippen LogP contribution >= 0.6 is 0 Å². The molecule has 1 saturated heterocycles. The van der Waals surface area contributed by atoms with E-state index in [1.807, 2.05) is 0 Å². The molecule has 2 aliphatic heterocycles. The van der Waals surface area contributed by atoms with Crippen molar-refractivity contribution >= 4 is 5.90 Å². The molecular formula is C7H12N2O. The van der Waals surface area contributed by atoms with Gasteiger partial charge in [0.1, 0.15) is 6.61 Å². The molecule has 0 radical (unpaired) electrons. The molecule has 0 aromatic rings. The Balaban J connectivity index is 1.97. The fourth-order valence-electron chi connectivity index (χ4n) is 1.46. The van der Waals surface area contributed by atoms with Crippen molar-refractivity contribution in [1.29, 1.82) is 0 Å². The van der Waals surface area contributed by atoms with Crippen molar-refractivity contribution in [3.05, 3.63) is 0 Å². The molecule has 2 heterocycles. The Morgan fingerprint density at radius 2 is 2.60 bits per heavy atom. The largest absolute Gasteiger partial charge is 0.478 e. The number of rotatable bonds is 1. The van der Waals surface area contributed by atoms with Gasteiger partial charge in [0.25, 0.3) is 0 Å². The molecule has 2 aliphatic rings. The minimum atomic E-state index is 0.433. The van der Waals surface area contributed by atoms with Gasteiger partial charge in [-0.2, -0.15) is 0 Å². The van der Waals surface area contributed by atoms with Crippen molar-refractivity contribution in [3.63, 3.8) is 0 Å². The third-order valence-corrected chi connectivity index (χ3v) is 1.97. The molecule has 0 bridgehead atoms. The molecule has 2 rings (SSSR count). The molecule has 56 valence electrons. The number of aliphatic imine (C=N–C) groups is 1.